The van der Waals surface area contributed by atoms with E-state index in [0.717, 1.165) is 30.9 Å². The Morgan fingerprint density at radius 2 is 2.15 bits per heavy atom. The quantitative estimate of drug-likeness (QED) is 0.884. The van der Waals surface area contributed by atoms with Crippen LogP contribution in [0.5, 0.6) is 0 Å². The average molecular weight is 294 g/mol. The molecule has 0 spiro atoms. The van der Waals surface area contributed by atoms with E-state index in [-0.39, 0.29) is 6.04 Å². The molecule has 2 N–H and O–H groups in total. The minimum absolute atomic E-state index is 0.152. The van der Waals surface area contributed by atoms with Crippen LogP contribution in [0.15, 0.2) is 4.52 Å². The van der Waals surface area contributed by atoms with Gasteiger partial charge in [-0.2, -0.15) is 9.36 Å². The van der Waals surface area contributed by atoms with E-state index in [4.69, 9.17) is 10.3 Å². The van der Waals surface area contributed by atoms with E-state index in [0.29, 0.717) is 16.7 Å². The first-order chi connectivity index (χ1) is 9.56. The predicted octanol–water partition coefficient (Wildman–Crippen LogP) is 1.00. The van der Waals surface area contributed by atoms with Crippen LogP contribution >= 0.6 is 11.5 Å². The second kappa shape index (κ2) is 5.12. The van der Waals surface area contributed by atoms with Crippen LogP contribution in [0.4, 0.5) is 5.00 Å². The normalized spacial score (nSPS) is 21.4. The molecule has 3 rings (SSSR count). The van der Waals surface area contributed by atoms with Crippen LogP contribution in [0.1, 0.15) is 17.6 Å². The van der Waals surface area contributed by atoms with Gasteiger partial charge in [0, 0.05) is 19.6 Å². The summed E-state index contributed by atoms with van der Waals surface area (Å²) in [5.74, 6) is 1.17. The summed E-state index contributed by atoms with van der Waals surface area (Å²) < 4.78 is 9.60. The second-order valence-electron chi connectivity index (χ2n) is 5.22. The maximum Gasteiger partial charge on any atom is 0.262 e. The third kappa shape index (κ3) is 2.30. The van der Waals surface area contributed by atoms with Gasteiger partial charge in [-0.25, -0.2) is 0 Å². The molecule has 108 valence electrons. The van der Waals surface area contributed by atoms with Crippen molar-refractivity contribution in [2.75, 3.05) is 39.5 Å². The summed E-state index contributed by atoms with van der Waals surface area (Å²) in [4.78, 5) is 9.04. The Morgan fingerprint density at radius 3 is 2.85 bits per heavy atom. The minimum atomic E-state index is 0.152. The van der Waals surface area contributed by atoms with Crippen LogP contribution in [0, 0.1) is 6.92 Å². The molecule has 0 bridgehead atoms. The van der Waals surface area contributed by atoms with Gasteiger partial charge in [0.15, 0.2) is 5.82 Å². The second-order valence-corrected chi connectivity index (χ2v) is 6.03. The zero-order valence-electron chi connectivity index (χ0n) is 11.8. The van der Waals surface area contributed by atoms with E-state index in [1.54, 1.807) is 0 Å². The monoisotopic (exact) mass is 294 g/mol. The fourth-order valence-corrected chi connectivity index (χ4v) is 3.06. The number of rotatable bonds is 2. The van der Waals surface area contributed by atoms with Gasteiger partial charge in [-0.05, 0) is 32.6 Å². The summed E-state index contributed by atoms with van der Waals surface area (Å²) in [6.45, 7) is 4.84. The third-order valence-electron chi connectivity index (χ3n) is 3.69. The van der Waals surface area contributed by atoms with Crippen molar-refractivity contribution in [3.05, 3.63) is 11.5 Å². The van der Waals surface area contributed by atoms with Crippen LogP contribution in [0.2, 0.25) is 0 Å². The van der Waals surface area contributed by atoms with Gasteiger partial charge in [-0.3, -0.25) is 4.90 Å². The van der Waals surface area contributed by atoms with Gasteiger partial charge in [0.05, 0.1) is 17.3 Å². The molecule has 1 fully saturated rings. The maximum atomic E-state index is 5.92. The number of nitrogens with two attached hydrogens (primary N) is 1. The average Bonchev–Trinajstić information content (AvgIpc) is 3.00. The molecule has 0 saturated carbocycles. The highest BCUT2D eigenvalue weighted by Crippen LogP contribution is 2.32. The summed E-state index contributed by atoms with van der Waals surface area (Å²) in [6, 6.07) is 0.152. The van der Waals surface area contributed by atoms with Crippen molar-refractivity contribution >= 4 is 16.5 Å². The highest BCUT2D eigenvalue weighted by atomic mass is 32.1. The van der Waals surface area contributed by atoms with Crippen molar-refractivity contribution in [2.45, 2.75) is 13.0 Å². The van der Waals surface area contributed by atoms with Crippen LogP contribution in [-0.4, -0.2) is 58.0 Å². The van der Waals surface area contributed by atoms with E-state index < -0.39 is 0 Å². The fourth-order valence-electron chi connectivity index (χ4n) is 2.41. The van der Waals surface area contributed by atoms with Crippen molar-refractivity contribution in [3.63, 3.8) is 0 Å². The Kier molecular flexibility index (Phi) is 3.45. The zero-order valence-corrected chi connectivity index (χ0v) is 12.6. The molecule has 0 amide bonds. The standard InChI is InChI=1S/C12H18N6OS/c1-7-9(10(13)20-16-7)12-14-11(15-19-12)8-6-17(2)4-5-18(8)3/h8H,4-6,13H2,1-3H3. The molecule has 7 nitrogen and oxygen atoms in total. The number of nitrogen functional groups attached to an aromatic ring is 1. The molecule has 20 heavy (non-hydrogen) atoms. The number of hydrogen-bond donors (Lipinski definition) is 1. The molecule has 0 radical (unpaired) electrons. The first kappa shape index (κ1) is 13.5. The SMILES string of the molecule is Cc1nsc(N)c1-c1nc(C2CN(C)CCN2C)no1. The number of aryl methyl sites for hydroxylation is 1. The van der Waals surface area contributed by atoms with Gasteiger partial charge in [0.2, 0.25) is 0 Å². The van der Waals surface area contributed by atoms with Gasteiger partial charge in [-0.1, -0.05) is 5.16 Å². The summed E-state index contributed by atoms with van der Waals surface area (Å²) >= 11 is 1.25. The number of aromatic nitrogens is 3. The van der Waals surface area contributed by atoms with Crippen molar-refractivity contribution < 1.29 is 4.52 Å². The molecule has 2 aromatic heterocycles. The lowest BCUT2D eigenvalue weighted by Gasteiger charge is -2.35. The first-order valence-corrected chi connectivity index (χ1v) is 7.28. The Balaban J connectivity index is 1.90. The van der Waals surface area contributed by atoms with E-state index in [9.17, 15) is 0 Å². The number of likely N-dealkylation sites (N-methyl/N-ethyl adjacent to an activating group) is 2. The number of anilines is 1. The molecule has 8 heteroatoms. The van der Waals surface area contributed by atoms with E-state index in [1.165, 1.54) is 11.5 Å². The Hall–Kier alpha value is -1.51. The van der Waals surface area contributed by atoms with Gasteiger partial charge in [-0.15, -0.1) is 0 Å². The smallest absolute Gasteiger partial charge is 0.262 e. The van der Waals surface area contributed by atoms with Crippen molar-refractivity contribution in [1.29, 1.82) is 0 Å². The number of nitrogens with zero attached hydrogens (tertiary/aromatic N) is 5. The maximum absolute atomic E-state index is 5.92. The van der Waals surface area contributed by atoms with E-state index in [1.807, 2.05) is 6.92 Å². The highest BCUT2D eigenvalue weighted by molar-refractivity contribution is 7.10. The lowest BCUT2D eigenvalue weighted by Crippen LogP contribution is -2.45. The number of piperazine rings is 1. The molecule has 0 aromatic carbocycles. The molecule has 1 aliphatic heterocycles. The molecule has 1 atom stereocenters. The van der Waals surface area contributed by atoms with Crippen molar-refractivity contribution in [2.24, 2.45) is 0 Å². The summed E-state index contributed by atoms with van der Waals surface area (Å²) in [5, 5.41) is 4.75. The first-order valence-electron chi connectivity index (χ1n) is 6.50. The van der Waals surface area contributed by atoms with Crippen LogP contribution in [0.3, 0.4) is 0 Å². The highest BCUT2D eigenvalue weighted by Gasteiger charge is 2.29. The number of hydrogen-bond acceptors (Lipinski definition) is 8. The topological polar surface area (TPSA) is 84.3 Å². The van der Waals surface area contributed by atoms with Gasteiger partial charge < -0.3 is 15.2 Å². The van der Waals surface area contributed by atoms with Crippen LogP contribution in [0.25, 0.3) is 11.5 Å². The van der Waals surface area contributed by atoms with Gasteiger partial charge in [0.25, 0.3) is 5.89 Å². The van der Waals surface area contributed by atoms with Gasteiger partial charge >= 0.3 is 0 Å². The Morgan fingerprint density at radius 1 is 1.35 bits per heavy atom. The summed E-state index contributed by atoms with van der Waals surface area (Å²) in [6.07, 6.45) is 0. The Bertz CT molecular complexity index is 589. The molecule has 2 aromatic rings. The summed E-state index contributed by atoms with van der Waals surface area (Å²) in [7, 11) is 4.19. The van der Waals surface area contributed by atoms with Gasteiger partial charge in [0.1, 0.15) is 5.00 Å². The Labute approximate surface area is 121 Å². The summed E-state index contributed by atoms with van der Waals surface area (Å²) in [5.41, 5.74) is 7.51. The van der Waals surface area contributed by atoms with Crippen LogP contribution < -0.4 is 5.73 Å². The predicted molar refractivity (Wildman–Crippen MR) is 77.4 cm³/mol. The zero-order chi connectivity index (χ0) is 14.3. The molecule has 1 unspecified atom stereocenters. The van der Waals surface area contributed by atoms with Crippen molar-refractivity contribution in [3.8, 4) is 11.5 Å². The van der Waals surface area contributed by atoms with E-state index >= 15 is 0 Å². The third-order valence-corrected chi connectivity index (χ3v) is 4.46. The van der Waals surface area contributed by atoms with Crippen molar-refractivity contribution in [1.82, 2.24) is 24.3 Å². The van der Waals surface area contributed by atoms with E-state index in [2.05, 4.69) is 38.4 Å². The molecule has 0 aliphatic carbocycles. The molecule has 3 heterocycles. The van der Waals surface area contributed by atoms with Crippen LogP contribution in [-0.2, 0) is 0 Å². The lowest BCUT2D eigenvalue weighted by molar-refractivity contribution is 0.108. The molecular weight excluding hydrogens is 276 g/mol. The largest absolute Gasteiger partial charge is 0.389 e. The fraction of sp³-hybridized carbons (Fsp3) is 0.583. The molecular formula is C12H18N6OS. The minimum Gasteiger partial charge on any atom is -0.389 e. The molecule has 1 aliphatic rings. The molecule has 1 saturated heterocycles. The lowest BCUT2D eigenvalue weighted by atomic mass is 10.2.